The van der Waals surface area contributed by atoms with Gasteiger partial charge in [0.2, 0.25) is 0 Å². The highest BCUT2D eigenvalue weighted by molar-refractivity contribution is 5.91. The van der Waals surface area contributed by atoms with E-state index < -0.39 is 0 Å². The highest BCUT2D eigenvalue weighted by Crippen LogP contribution is 2.41. The molecule has 0 fully saturated rings. The molecule has 0 amide bonds. The van der Waals surface area contributed by atoms with E-state index in [2.05, 4.69) is 79.7 Å². The first kappa shape index (κ1) is 16.3. The lowest BCUT2D eigenvalue weighted by atomic mass is 9.85. The number of rotatable bonds is 4. The zero-order valence-corrected chi connectivity index (χ0v) is 15.1. The number of nitrogens with zero attached hydrogens (tertiary/aromatic N) is 1. The van der Waals surface area contributed by atoms with Gasteiger partial charge < -0.3 is 10.3 Å². The predicted molar refractivity (Wildman–Crippen MR) is 111 cm³/mol. The van der Waals surface area contributed by atoms with Crippen molar-refractivity contribution in [1.82, 2.24) is 0 Å². The molecular weight excluding hydrogens is 316 g/mol. The average Bonchev–Trinajstić information content (AvgIpc) is 3.11. The molecule has 0 aromatic heterocycles. The Hall–Kier alpha value is -3.13. The van der Waals surface area contributed by atoms with Crippen LogP contribution in [0.25, 0.3) is 17.2 Å². The number of nitrogens with one attached hydrogen (secondary N) is 1. The van der Waals surface area contributed by atoms with Crippen molar-refractivity contribution in [3.63, 3.8) is 0 Å². The molecule has 0 saturated heterocycles. The normalized spacial score (nSPS) is 14.9. The van der Waals surface area contributed by atoms with Crippen LogP contribution in [0.1, 0.15) is 28.2 Å². The van der Waals surface area contributed by atoms with E-state index in [1.54, 1.807) is 0 Å². The Balaban J connectivity index is 1.94. The topological polar surface area (TPSA) is 27.1 Å². The van der Waals surface area contributed by atoms with Crippen LogP contribution in [-0.2, 0) is 0 Å². The SMILES string of the molecule is CN(C)c1ccc(C2C=Cc3ccccc32)c(-c2ccccc2C=N)c1. The van der Waals surface area contributed by atoms with Gasteiger partial charge in [-0.05, 0) is 45.5 Å². The molecule has 0 saturated carbocycles. The molecule has 128 valence electrons. The Labute approximate surface area is 154 Å². The van der Waals surface area contributed by atoms with E-state index in [9.17, 15) is 0 Å². The minimum absolute atomic E-state index is 0.246. The Kier molecular flexibility index (Phi) is 4.18. The zero-order valence-electron chi connectivity index (χ0n) is 15.1. The maximum Gasteiger partial charge on any atom is 0.0367 e. The quantitative estimate of drug-likeness (QED) is 0.618. The first-order valence-corrected chi connectivity index (χ1v) is 8.87. The van der Waals surface area contributed by atoms with E-state index in [1.807, 2.05) is 18.2 Å². The van der Waals surface area contributed by atoms with E-state index >= 15 is 0 Å². The molecule has 4 rings (SSSR count). The van der Waals surface area contributed by atoms with Crippen LogP contribution in [0, 0.1) is 5.41 Å². The van der Waals surface area contributed by atoms with Crippen molar-refractivity contribution in [1.29, 1.82) is 5.41 Å². The van der Waals surface area contributed by atoms with Crippen LogP contribution in [0.4, 0.5) is 5.69 Å². The fourth-order valence-electron chi connectivity index (χ4n) is 3.72. The molecule has 0 heterocycles. The maximum atomic E-state index is 7.82. The van der Waals surface area contributed by atoms with Crippen molar-refractivity contribution < 1.29 is 0 Å². The predicted octanol–water partition coefficient (Wildman–Crippen LogP) is 5.58. The smallest absolute Gasteiger partial charge is 0.0367 e. The highest BCUT2D eigenvalue weighted by atomic mass is 15.1. The van der Waals surface area contributed by atoms with Gasteiger partial charge >= 0.3 is 0 Å². The summed E-state index contributed by atoms with van der Waals surface area (Å²) >= 11 is 0. The molecule has 1 atom stereocenters. The van der Waals surface area contributed by atoms with Crippen molar-refractivity contribution in [3.05, 3.63) is 95.1 Å². The number of allylic oxidation sites excluding steroid dienone is 1. The Morgan fingerprint density at radius 3 is 2.42 bits per heavy atom. The summed E-state index contributed by atoms with van der Waals surface area (Å²) in [4.78, 5) is 2.12. The largest absolute Gasteiger partial charge is 0.378 e. The summed E-state index contributed by atoms with van der Waals surface area (Å²) in [6, 6.07) is 23.4. The fourth-order valence-corrected chi connectivity index (χ4v) is 3.72. The number of hydrogen-bond acceptors (Lipinski definition) is 2. The summed E-state index contributed by atoms with van der Waals surface area (Å²) in [5.74, 6) is 0.246. The van der Waals surface area contributed by atoms with E-state index in [-0.39, 0.29) is 5.92 Å². The van der Waals surface area contributed by atoms with Crippen molar-refractivity contribution in [2.24, 2.45) is 0 Å². The summed E-state index contributed by atoms with van der Waals surface area (Å²) in [6.07, 6.45) is 5.94. The molecule has 0 spiro atoms. The molecule has 3 aromatic rings. The van der Waals surface area contributed by atoms with Crippen LogP contribution in [0.2, 0.25) is 0 Å². The zero-order chi connectivity index (χ0) is 18.1. The lowest BCUT2D eigenvalue weighted by Crippen LogP contribution is -2.10. The van der Waals surface area contributed by atoms with Crippen molar-refractivity contribution >= 4 is 18.0 Å². The van der Waals surface area contributed by atoms with Crippen LogP contribution in [0.3, 0.4) is 0 Å². The third-order valence-corrected chi connectivity index (χ3v) is 5.09. The summed E-state index contributed by atoms with van der Waals surface area (Å²) in [7, 11) is 4.12. The molecule has 1 aliphatic carbocycles. The molecular formula is C24H22N2. The molecule has 1 aliphatic rings. The second-order valence-corrected chi connectivity index (χ2v) is 6.86. The first-order chi connectivity index (χ1) is 12.7. The van der Waals surface area contributed by atoms with Gasteiger partial charge in [0.15, 0.2) is 0 Å². The Bertz CT molecular complexity index is 999. The number of benzene rings is 3. The number of hydrogen-bond donors (Lipinski definition) is 1. The molecule has 1 N–H and O–H groups in total. The number of anilines is 1. The molecule has 2 nitrogen and oxygen atoms in total. The van der Waals surface area contributed by atoms with Crippen LogP contribution in [0.5, 0.6) is 0 Å². The molecule has 26 heavy (non-hydrogen) atoms. The van der Waals surface area contributed by atoms with E-state index in [0.29, 0.717) is 0 Å². The first-order valence-electron chi connectivity index (χ1n) is 8.87. The minimum Gasteiger partial charge on any atom is -0.378 e. The van der Waals surface area contributed by atoms with Crippen molar-refractivity contribution in [2.45, 2.75) is 5.92 Å². The van der Waals surface area contributed by atoms with Crippen LogP contribution in [-0.4, -0.2) is 20.3 Å². The summed E-state index contributed by atoms with van der Waals surface area (Å²) in [5.41, 5.74) is 8.34. The second kappa shape index (κ2) is 6.64. The lowest BCUT2D eigenvalue weighted by Gasteiger charge is -2.21. The van der Waals surface area contributed by atoms with Crippen molar-refractivity contribution in [3.8, 4) is 11.1 Å². The monoisotopic (exact) mass is 338 g/mol. The summed E-state index contributed by atoms with van der Waals surface area (Å²) in [5, 5.41) is 7.82. The minimum atomic E-state index is 0.246. The second-order valence-electron chi connectivity index (χ2n) is 6.86. The molecule has 0 radical (unpaired) electrons. The standard InChI is InChI=1S/C24H22N2/c1-26(2)19-12-14-23(22-13-11-17-7-3-5-9-20(17)22)24(15-19)21-10-6-4-8-18(21)16-25/h3-16,22,25H,1-2H3. The Morgan fingerprint density at radius 1 is 0.846 bits per heavy atom. The van der Waals surface area contributed by atoms with Crippen molar-refractivity contribution in [2.75, 3.05) is 19.0 Å². The average molecular weight is 338 g/mol. The van der Waals surface area contributed by atoms with Gasteiger partial charge in [0, 0.05) is 31.9 Å². The van der Waals surface area contributed by atoms with Crippen LogP contribution in [0.15, 0.2) is 72.8 Å². The van der Waals surface area contributed by atoms with Gasteiger partial charge in [0.05, 0.1) is 0 Å². The third-order valence-electron chi connectivity index (χ3n) is 5.09. The Morgan fingerprint density at radius 2 is 1.62 bits per heavy atom. The van der Waals surface area contributed by atoms with Gasteiger partial charge in [-0.25, -0.2) is 0 Å². The molecule has 1 unspecified atom stereocenters. The van der Waals surface area contributed by atoms with E-state index in [1.165, 1.54) is 34.2 Å². The molecule has 0 aliphatic heterocycles. The van der Waals surface area contributed by atoms with E-state index in [0.717, 1.165) is 11.1 Å². The van der Waals surface area contributed by atoms with E-state index in [4.69, 9.17) is 5.41 Å². The fraction of sp³-hybridized carbons (Fsp3) is 0.125. The van der Waals surface area contributed by atoms with Gasteiger partial charge in [-0.2, -0.15) is 0 Å². The molecule has 3 aromatic carbocycles. The lowest BCUT2D eigenvalue weighted by molar-refractivity contribution is 1.05. The van der Waals surface area contributed by atoms with Crippen LogP contribution >= 0.6 is 0 Å². The summed E-state index contributed by atoms with van der Waals surface area (Å²) < 4.78 is 0. The highest BCUT2D eigenvalue weighted by Gasteiger charge is 2.22. The van der Waals surface area contributed by atoms with Gasteiger partial charge in [-0.1, -0.05) is 66.7 Å². The van der Waals surface area contributed by atoms with Gasteiger partial charge in [-0.3, -0.25) is 0 Å². The summed E-state index contributed by atoms with van der Waals surface area (Å²) in [6.45, 7) is 0. The van der Waals surface area contributed by atoms with Crippen LogP contribution < -0.4 is 4.90 Å². The van der Waals surface area contributed by atoms with Gasteiger partial charge in [-0.15, -0.1) is 0 Å². The van der Waals surface area contributed by atoms with Gasteiger partial charge in [0.25, 0.3) is 0 Å². The maximum absolute atomic E-state index is 7.82. The van der Waals surface area contributed by atoms with Gasteiger partial charge in [0.1, 0.15) is 0 Å². The molecule has 0 bridgehead atoms. The number of fused-ring (bicyclic) bond motifs is 1. The molecule has 2 heteroatoms. The third kappa shape index (κ3) is 2.74.